The quantitative estimate of drug-likeness (QED) is 0.890. The fourth-order valence-corrected chi connectivity index (χ4v) is 2.55. The third-order valence-corrected chi connectivity index (χ3v) is 3.73. The summed E-state index contributed by atoms with van der Waals surface area (Å²) < 4.78 is 19.0. The largest absolute Gasteiger partial charge is 0.493 e. The Morgan fingerprint density at radius 2 is 2.26 bits per heavy atom. The maximum Gasteiger partial charge on any atom is 0.124 e. The molecular formula is C15H23FN2O. The van der Waals surface area contributed by atoms with Crippen LogP contribution in [0.15, 0.2) is 18.2 Å². The molecule has 2 atom stereocenters. The second-order valence-electron chi connectivity index (χ2n) is 5.39. The predicted octanol–water partition coefficient (Wildman–Crippen LogP) is 2.57. The molecule has 0 radical (unpaired) electrons. The van der Waals surface area contributed by atoms with Crippen LogP contribution in [0.2, 0.25) is 0 Å². The van der Waals surface area contributed by atoms with Gasteiger partial charge in [-0.1, -0.05) is 13.3 Å². The van der Waals surface area contributed by atoms with Gasteiger partial charge in [-0.15, -0.1) is 0 Å². The summed E-state index contributed by atoms with van der Waals surface area (Å²) in [5, 5.41) is 0. The summed E-state index contributed by atoms with van der Waals surface area (Å²) in [6.45, 7) is 4.74. The van der Waals surface area contributed by atoms with Gasteiger partial charge in [-0.2, -0.15) is 0 Å². The van der Waals surface area contributed by atoms with E-state index in [9.17, 15) is 4.39 Å². The van der Waals surface area contributed by atoms with Gasteiger partial charge < -0.3 is 15.4 Å². The molecule has 0 spiro atoms. The number of nitrogens with two attached hydrogens (primary N) is 1. The highest BCUT2D eigenvalue weighted by Crippen LogP contribution is 2.34. The maximum atomic E-state index is 13.3. The first-order valence-electron chi connectivity index (χ1n) is 6.98. The van der Waals surface area contributed by atoms with Crippen molar-refractivity contribution in [3.63, 3.8) is 0 Å². The monoisotopic (exact) mass is 266 g/mol. The molecule has 0 saturated heterocycles. The van der Waals surface area contributed by atoms with Gasteiger partial charge in [0.2, 0.25) is 0 Å². The van der Waals surface area contributed by atoms with Gasteiger partial charge in [-0.05, 0) is 38.2 Å². The third-order valence-electron chi connectivity index (χ3n) is 3.73. The Kier molecular flexibility index (Phi) is 4.77. The number of benzene rings is 1. The van der Waals surface area contributed by atoms with Crippen LogP contribution < -0.4 is 10.5 Å². The van der Waals surface area contributed by atoms with Gasteiger partial charge in [-0.25, -0.2) is 4.39 Å². The summed E-state index contributed by atoms with van der Waals surface area (Å²) in [4.78, 5) is 2.28. The molecule has 0 aromatic heterocycles. The van der Waals surface area contributed by atoms with Crippen molar-refractivity contribution in [2.75, 3.05) is 26.7 Å². The molecule has 0 fully saturated rings. The normalized spacial score (nSPS) is 22.2. The molecule has 0 amide bonds. The van der Waals surface area contributed by atoms with Gasteiger partial charge in [-0.3, -0.25) is 0 Å². The minimum atomic E-state index is -0.252. The van der Waals surface area contributed by atoms with E-state index in [1.165, 1.54) is 25.0 Å². The van der Waals surface area contributed by atoms with E-state index in [2.05, 4.69) is 18.9 Å². The minimum Gasteiger partial charge on any atom is -0.493 e. The molecule has 3 nitrogen and oxygen atoms in total. The molecule has 19 heavy (non-hydrogen) atoms. The molecule has 4 heteroatoms. The van der Waals surface area contributed by atoms with E-state index in [1.54, 1.807) is 6.07 Å². The molecule has 1 heterocycles. The number of unbranched alkanes of at least 4 members (excludes halogenated alkanes) is 1. The van der Waals surface area contributed by atoms with Crippen molar-refractivity contribution < 1.29 is 9.13 Å². The second-order valence-corrected chi connectivity index (χ2v) is 5.39. The van der Waals surface area contributed by atoms with E-state index in [-0.39, 0.29) is 17.8 Å². The van der Waals surface area contributed by atoms with Crippen LogP contribution >= 0.6 is 0 Å². The number of hydrogen-bond acceptors (Lipinski definition) is 3. The highest BCUT2D eigenvalue weighted by atomic mass is 19.1. The molecule has 1 aromatic rings. The number of halogens is 1. The SMILES string of the molecule is CCCCN(C)CC1COc2ccc(F)cc2C1N. The lowest BCUT2D eigenvalue weighted by molar-refractivity contribution is 0.151. The first-order chi connectivity index (χ1) is 9.11. The molecule has 1 aliphatic heterocycles. The van der Waals surface area contributed by atoms with Gasteiger partial charge >= 0.3 is 0 Å². The van der Waals surface area contributed by atoms with E-state index in [4.69, 9.17) is 10.5 Å². The number of rotatable bonds is 5. The van der Waals surface area contributed by atoms with E-state index >= 15 is 0 Å². The van der Waals surface area contributed by atoms with Crippen LogP contribution in [0.3, 0.4) is 0 Å². The third kappa shape index (κ3) is 3.45. The molecule has 2 unspecified atom stereocenters. The first kappa shape index (κ1) is 14.3. The lowest BCUT2D eigenvalue weighted by Crippen LogP contribution is -2.39. The Bertz CT molecular complexity index is 425. The Labute approximate surface area is 114 Å². The fraction of sp³-hybridized carbons (Fsp3) is 0.600. The smallest absolute Gasteiger partial charge is 0.124 e. The van der Waals surface area contributed by atoms with Gasteiger partial charge in [0.25, 0.3) is 0 Å². The van der Waals surface area contributed by atoms with Gasteiger partial charge in [0.15, 0.2) is 0 Å². The van der Waals surface area contributed by atoms with Crippen molar-refractivity contribution >= 4 is 0 Å². The average Bonchev–Trinajstić information content (AvgIpc) is 2.40. The standard InChI is InChI=1S/C15H23FN2O/c1-3-4-7-18(2)9-11-10-19-14-6-5-12(16)8-13(14)15(11)17/h5-6,8,11,15H,3-4,7,9-10,17H2,1-2H3. The maximum absolute atomic E-state index is 13.3. The van der Waals surface area contributed by atoms with Crippen LogP contribution in [0.5, 0.6) is 5.75 Å². The highest BCUT2D eigenvalue weighted by Gasteiger charge is 2.29. The lowest BCUT2D eigenvalue weighted by atomic mass is 9.91. The van der Waals surface area contributed by atoms with Crippen LogP contribution in [0.25, 0.3) is 0 Å². The number of ether oxygens (including phenoxy) is 1. The summed E-state index contributed by atoms with van der Waals surface area (Å²) in [5.74, 6) is 0.690. The molecule has 0 saturated carbocycles. The zero-order chi connectivity index (χ0) is 13.8. The molecule has 1 aliphatic rings. The van der Waals surface area contributed by atoms with Crippen molar-refractivity contribution in [1.29, 1.82) is 0 Å². The van der Waals surface area contributed by atoms with E-state index in [0.29, 0.717) is 6.61 Å². The van der Waals surface area contributed by atoms with Crippen molar-refractivity contribution in [1.82, 2.24) is 4.90 Å². The number of nitrogens with zero attached hydrogens (tertiary/aromatic N) is 1. The fourth-order valence-electron chi connectivity index (χ4n) is 2.55. The van der Waals surface area contributed by atoms with Crippen LogP contribution in [0.4, 0.5) is 4.39 Å². The summed E-state index contributed by atoms with van der Waals surface area (Å²) in [6, 6.07) is 4.43. The first-order valence-corrected chi connectivity index (χ1v) is 6.98. The zero-order valence-electron chi connectivity index (χ0n) is 11.7. The summed E-state index contributed by atoms with van der Waals surface area (Å²) >= 11 is 0. The van der Waals surface area contributed by atoms with Crippen molar-refractivity contribution in [3.8, 4) is 5.75 Å². The molecule has 0 bridgehead atoms. The summed E-state index contributed by atoms with van der Waals surface area (Å²) in [7, 11) is 2.10. The van der Waals surface area contributed by atoms with Crippen molar-refractivity contribution in [2.24, 2.45) is 11.7 Å². The zero-order valence-corrected chi connectivity index (χ0v) is 11.7. The predicted molar refractivity (Wildman–Crippen MR) is 74.7 cm³/mol. The van der Waals surface area contributed by atoms with E-state index < -0.39 is 0 Å². The molecule has 2 N–H and O–H groups in total. The molecule has 0 aliphatic carbocycles. The number of hydrogen-bond donors (Lipinski definition) is 1. The highest BCUT2D eigenvalue weighted by molar-refractivity contribution is 5.38. The summed E-state index contributed by atoms with van der Waals surface area (Å²) in [5.41, 5.74) is 7.05. The molecule has 1 aromatic carbocycles. The van der Waals surface area contributed by atoms with Crippen molar-refractivity contribution in [3.05, 3.63) is 29.6 Å². The van der Waals surface area contributed by atoms with Crippen LogP contribution in [-0.4, -0.2) is 31.6 Å². The molecule has 106 valence electrons. The number of fused-ring (bicyclic) bond motifs is 1. The Morgan fingerprint density at radius 3 is 3.00 bits per heavy atom. The van der Waals surface area contributed by atoms with Crippen LogP contribution in [0.1, 0.15) is 31.4 Å². The van der Waals surface area contributed by atoms with Crippen LogP contribution in [-0.2, 0) is 0 Å². The second kappa shape index (κ2) is 6.35. The molecular weight excluding hydrogens is 243 g/mol. The van der Waals surface area contributed by atoms with E-state index in [1.807, 2.05) is 0 Å². The van der Waals surface area contributed by atoms with Gasteiger partial charge in [0.05, 0.1) is 6.61 Å². The van der Waals surface area contributed by atoms with E-state index in [0.717, 1.165) is 24.4 Å². The Balaban J connectivity index is 2.02. The lowest BCUT2D eigenvalue weighted by Gasteiger charge is -2.33. The summed E-state index contributed by atoms with van der Waals surface area (Å²) in [6.07, 6.45) is 2.37. The Hall–Kier alpha value is -1.13. The van der Waals surface area contributed by atoms with Gasteiger partial charge in [0, 0.05) is 24.1 Å². The van der Waals surface area contributed by atoms with Crippen LogP contribution in [0, 0.1) is 11.7 Å². The van der Waals surface area contributed by atoms with Crippen molar-refractivity contribution in [2.45, 2.75) is 25.8 Å². The average molecular weight is 266 g/mol. The molecule has 2 rings (SSSR count). The Morgan fingerprint density at radius 1 is 1.47 bits per heavy atom. The van der Waals surface area contributed by atoms with Gasteiger partial charge in [0.1, 0.15) is 11.6 Å². The topological polar surface area (TPSA) is 38.5 Å². The minimum absolute atomic E-state index is 0.150.